The van der Waals surface area contributed by atoms with Gasteiger partial charge in [0.1, 0.15) is 0 Å². The Bertz CT molecular complexity index is 738. The van der Waals surface area contributed by atoms with E-state index in [1.165, 1.54) is 7.11 Å². The molecular formula is C15H12ClN3O2. The molecule has 6 heteroatoms. The van der Waals surface area contributed by atoms with Crippen LogP contribution in [0.25, 0.3) is 0 Å². The van der Waals surface area contributed by atoms with Crippen molar-refractivity contribution in [1.29, 1.82) is 5.26 Å². The van der Waals surface area contributed by atoms with Gasteiger partial charge in [-0.15, -0.1) is 0 Å². The fraction of sp³-hybridized carbons (Fsp3) is 0.0667. The van der Waals surface area contributed by atoms with Crippen LogP contribution in [0.1, 0.15) is 15.9 Å². The molecule has 0 unspecified atom stereocenters. The van der Waals surface area contributed by atoms with Gasteiger partial charge in [0.15, 0.2) is 0 Å². The van der Waals surface area contributed by atoms with Gasteiger partial charge in [-0.1, -0.05) is 11.6 Å². The molecule has 0 saturated carbocycles. The Morgan fingerprint density at radius 1 is 1.29 bits per heavy atom. The van der Waals surface area contributed by atoms with Gasteiger partial charge in [0, 0.05) is 0 Å². The molecule has 106 valence electrons. The average Bonchev–Trinajstić information content (AvgIpc) is 2.50. The van der Waals surface area contributed by atoms with Crippen molar-refractivity contribution in [1.82, 2.24) is 0 Å². The first-order valence-corrected chi connectivity index (χ1v) is 6.37. The zero-order valence-corrected chi connectivity index (χ0v) is 11.9. The van der Waals surface area contributed by atoms with Crippen molar-refractivity contribution in [2.45, 2.75) is 0 Å². The average molecular weight is 302 g/mol. The zero-order chi connectivity index (χ0) is 15.4. The van der Waals surface area contributed by atoms with E-state index in [0.29, 0.717) is 33.2 Å². The molecule has 0 aliphatic rings. The van der Waals surface area contributed by atoms with Gasteiger partial charge in [0.2, 0.25) is 0 Å². The minimum Gasteiger partial charge on any atom is -0.465 e. The third-order valence-corrected chi connectivity index (χ3v) is 3.17. The number of carbonyl (C=O) groups excluding carboxylic acids is 1. The summed E-state index contributed by atoms with van der Waals surface area (Å²) >= 11 is 6.08. The van der Waals surface area contributed by atoms with Crippen LogP contribution in [-0.4, -0.2) is 13.1 Å². The maximum Gasteiger partial charge on any atom is 0.337 e. The van der Waals surface area contributed by atoms with Gasteiger partial charge in [-0.2, -0.15) is 5.26 Å². The van der Waals surface area contributed by atoms with Gasteiger partial charge < -0.3 is 15.8 Å². The van der Waals surface area contributed by atoms with E-state index >= 15 is 0 Å². The molecule has 0 bridgehead atoms. The molecule has 0 spiro atoms. The summed E-state index contributed by atoms with van der Waals surface area (Å²) in [6.07, 6.45) is 0. The predicted molar refractivity (Wildman–Crippen MR) is 81.6 cm³/mol. The summed E-state index contributed by atoms with van der Waals surface area (Å²) in [6, 6.07) is 11.6. The lowest BCUT2D eigenvalue weighted by atomic mass is 10.1. The summed E-state index contributed by atoms with van der Waals surface area (Å²) in [5.74, 6) is -0.463. The number of nitrogen functional groups attached to an aromatic ring is 1. The van der Waals surface area contributed by atoms with Gasteiger partial charge in [-0.05, 0) is 36.4 Å². The van der Waals surface area contributed by atoms with Gasteiger partial charge in [0.25, 0.3) is 0 Å². The second kappa shape index (κ2) is 6.16. The number of hydrogen-bond donors (Lipinski definition) is 2. The number of benzene rings is 2. The van der Waals surface area contributed by atoms with Gasteiger partial charge in [0.05, 0.1) is 46.4 Å². The fourth-order valence-corrected chi connectivity index (χ4v) is 1.91. The molecule has 2 rings (SSSR count). The molecule has 21 heavy (non-hydrogen) atoms. The second-order valence-corrected chi connectivity index (χ2v) is 4.63. The topological polar surface area (TPSA) is 88.1 Å². The molecule has 5 nitrogen and oxygen atoms in total. The Balaban J connectivity index is 2.39. The highest BCUT2D eigenvalue weighted by molar-refractivity contribution is 6.33. The Kier molecular flexibility index (Phi) is 4.31. The van der Waals surface area contributed by atoms with Crippen LogP contribution < -0.4 is 11.1 Å². The Labute approximate surface area is 126 Å². The van der Waals surface area contributed by atoms with E-state index in [-0.39, 0.29) is 0 Å². The van der Waals surface area contributed by atoms with Crippen molar-refractivity contribution in [3.8, 4) is 6.07 Å². The van der Waals surface area contributed by atoms with E-state index in [4.69, 9.17) is 22.6 Å². The monoisotopic (exact) mass is 301 g/mol. The minimum absolute atomic E-state index is 0.363. The first-order chi connectivity index (χ1) is 10.0. The van der Waals surface area contributed by atoms with Crippen molar-refractivity contribution in [3.05, 3.63) is 52.5 Å². The third-order valence-electron chi connectivity index (χ3n) is 2.84. The first-order valence-electron chi connectivity index (χ1n) is 5.99. The number of nitrogens with one attached hydrogen (secondary N) is 1. The molecule has 0 aromatic heterocycles. The van der Waals surface area contributed by atoms with Crippen molar-refractivity contribution in [2.75, 3.05) is 18.2 Å². The SMILES string of the molecule is COC(=O)c1ccc(N)c(Nc2cc(C#N)ccc2Cl)c1. The molecule has 0 aliphatic carbocycles. The number of ether oxygens (including phenoxy) is 1. The summed E-state index contributed by atoms with van der Waals surface area (Å²) in [5.41, 5.74) is 8.19. The maximum absolute atomic E-state index is 11.5. The molecule has 0 heterocycles. The zero-order valence-electron chi connectivity index (χ0n) is 11.2. The Morgan fingerprint density at radius 3 is 2.71 bits per heavy atom. The lowest BCUT2D eigenvalue weighted by Gasteiger charge is -2.12. The standard InChI is InChI=1S/C15H12ClN3O2/c1-21-15(20)10-3-5-12(18)14(7-10)19-13-6-9(8-17)2-4-11(13)16/h2-7,19H,18H2,1H3. The normalized spacial score (nSPS) is 9.76. The number of halogens is 1. The number of rotatable bonds is 3. The third kappa shape index (κ3) is 3.25. The highest BCUT2D eigenvalue weighted by atomic mass is 35.5. The largest absolute Gasteiger partial charge is 0.465 e. The van der Waals surface area contributed by atoms with Crippen LogP contribution in [0.15, 0.2) is 36.4 Å². The van der Waals surface area contributed by atoms with Crippen molar-refractivity contribution < 1.29 is 9.53 Å². The maximum atomic E-state index is 11.5. The molecule has 0 radical (unpaired) electrons. The van der Waals surface area contributed by atoms with E-state index in [2.05, 4.69) is 10.1 Å². The van der Waals surface area contributed by atoms with E-state index in [9.17, 15) is 4.79 Å². The quantitative estimate of drug-likeness (QED) is 0.670. The Morgan fingerprint density at radius 2 is 2.05 bits per heavy atom. The number of nitriles is 1. The highest BCUT2D eigenvalue weighted by Crippen LogP contribution is 2.30. The summed E-state index contributed by atoms with van der Waals surface area (Å²) in [5, 5.41) is 12.4. The van der Waals surface area contributed by atoms with Crippen molar-refractivity contribution >= 4 is 34.6 Å². The molecule has 0 aliphatic heterocycles. The number of anilines is 3. The number of hydrogen-bond acceptors (Lipinski definition) is 5. The summed E-state index contributed by atoms with van der Waals surface area (Å²) in [4.78, 5) is 11.5. The van der Waals surface area contributed by atoms with Crippen LogP contribution in [0.4, 0.5) is 17.1 Å². The Hall–Kier alpha value is -2.71. The number of nitrogens with two attached hydrogens (primary N) is 1. The van der Waals surface area contributed by atoms with Gasteiger partial charge >= 0.3 is 5.97 Å². The van der Waals surface area contributed by atoms with E-state index in [1.54, 1.807) is 36.4 Å². The molecule has 0 atom stereocenters. The van der Waals surface area contributed by atoms with Crippen LogP contribution in [0.2, 0.25) is 5.02 Å². The van der Waals surface area contributed by atoms with E-state index < -0.39 is 5.97 Å². The molecule has 3 N–H and O–H groups in total. The van der Waals surface area contributed by atoms with Crippen LogP contribution in [0, 0.1) is 11.3 Å². The lowest BCUT2D eigenvalue weighted by Crippen LogP contribution is -2.04. The number of nitrogens with zero attached hydrogens (tertiary/aromatic N) is 1. The first kappa shape index (κ1) is 14.7. The number of esters is 1. The molecule has 0 saturated heterocycles. The van der Waals surface area contributed by atoms with Crippen LogP contribution in [0.5, 0.6) is 0 Å². The minimum atomic E-state index is -0.463. The number of methoxy groups -OCH3 is 1. The van der Waals surface area contributed by atoms with Gasteiger partial charge in [-0.3, -0.25) is 0 Å². The summed E-state index contributed by atoms with van der Waals surface area (Å²) in [6.45, 7) is 0. The van der Waals surface area contributed by atoms with Crippen molar-refractivity contribution in [3.63, 3.8) is 0 Å². The second-order valence-electron chi connectivity index (χ2n) is 4.23. The smallest absolute Gasteiger partial charge is 0.337 e. The molecule has 0 amide bonds. The van der Waals surface area contributed by atoms with Crippen LogP contribution in [0.3, 0.4) is 0 Å². The fourth-order valence-electron chi connectivity index (χ4n) is 1.75. The number of carbonyl (C=O) groups is 1. The molecule has 2 aromatic carbocycles. The summed E-state index contributed by atoms with van der Waals surface area (Å²) in [7, 11) is 1.30. The lowest BCUT2D eigenvalue weighted by molar-refractivity contribution is 0.0601. The van der Waals surface area contributed by atoms with Gasteiger partial charge in [-0.25, -0.2) is 4.79 Å². The molecular weight excluding hydrogens is 290 g/mol. The predicted octanol–water partition coefficient (Wildman–Crippen LogP) is 3.32. The molecule has 2 aromatic rings. The van der Waals surface area contributed by atoms with Crippen molar-refractivity contribution in [2.24, 2.45) is 0 Å². The summed E-state index contributed by atoms with van der Waals surface area (Å²) < 4.78 is 4.66. The molecule has 0 fully saturated rings. The van der Waals surface area contributed by atoms with Crippen LogP contribution >= 0.6 is 11.6 Å². The van der Waals surface area contributed by atoms with E-state index in [0.717, 1.165) is 0 Å². The van der Waals surface area contributed by atoms with Crippen LogP contribution in [-0.2, 0) is 4.74 Å². The highest BCUT2D eigenvalue weighted by Gasteiger charge is 2.10. The van der Waals surface area contributed by atoms with E-state index in [1.807, 2.05) is 6.07 Å².